The van der Waals surface area contributed by atoms with E-state index in [0.29, 0.717) is 6.07 Å². The molecular weight excluding hydrogens is 241 g/mol. The average molecular weight is 248 g/mol. The van der Waals surface area contributed by atoms with Crippen LogP contribution in [0.2, 0.25) is 0 Å². The number of rotatable bonds is 4. The predicted octanol–water partition coefficient (Wildman–Crippen LogP) is 2.81. The Morgan fingerprint density at radius 3 is 2.53 bits per heavy atom. The Morgan fingerprint density at radius 2 is 2.06 bits per heavy atom. The van der Waals surface area contributed by atoms with Crippen LogP contribution < -0.4 is 9.47 Å². The molecule has 0 saturated heterocycles. The third-order valence-electron chi connectivity index (χ3n) is 1.63. The van der Waals surface area contributed by atoms with E-state index in [-0.39, 0.29) is 5.75 Å². The zero-order valence-corrected chi connectivity index (χ0v) is 8.32. The Hall–Kier alpha value is -2.18. The van der Waals surface area contributed by atoms with Crippen molar-refractivity contribution in [2.24, 2.45) is 0 Å². The molecule has 0 aromatic heterocycles. The predicted molar refractivity (Wildman–Crippen MR) is 50.9 cm³/mol. The van der Waals surface area contributed by atoms with Crippen molar-refractivity contribution < 1.29 is 32.5 Å². The molecule has 1 aromatic carbocycles. The highest BCUT2D eigenvalue weighted by molar-refractivity contribution is 5.91. The summed E-state index contributed by atoms with van der Waals surface area (Å²) < 4.78 is 44.0. The van der Waals surface area contributed by atoms with Crippen molar-refractivity contribution in [3.05, 3.63) is 36.6 Å². The van der Waals surface area contributed by atoms with Crippen molar-refractivity contribution >= 4 is 5.97 Å². The van der Waals surface area contributed by atoms with Gasteiger partial charge in [0.1, 0.15) is 17.1 Å². The van der Waals surface area contributed by atoms with Crippen LogP contribution in [-0.2, 0) is 0 Å². The highest BCUT2D eigenvalue weighted by Gasteiger charge is 2.31. The molecular formula is C10H7F3O4. The van der Waals surface area contributed by atoms with E-state index in [1.54, 1.807) is 0 Å². The van der Waals surface area contributed by atoms with Crippen LogP contribution in [0.1, 0.15) is 10.4 Å². The molecule has 0 aliphatic heterocycles. The van der Waals surface area contributed by atoms with Crippen molar-refractivity contribution in [2.45, 2.75) is 6.36 Å². The molecule has 0 heterocycles. The lowest BCUT2D eigenvalue weighted by atomic mass is 10.2. The third kappa shape index (κ3) is 3.71. The van der Waals surface area contributed by atoms with E-state index in [4.69, 9.17) is 9.84 Å². The summed E-state index contributed by atoms with van der Waals surface area (Å²) in [5.74, 6) is -2.19. The van der Waals surface area contributed by atoms with Gasteiger partial charge in [0.25, 0.3) is 0 Å². The number of carbonyl (C=O) groups is 1. The summed E-state index contributed by atoms with van der Waals surface area (Å²) in [6.07, 6.45) is -3.91. The Kier molecular flexibility index (Phi) is 3.62. The van der Waals surface area contributed by atoms with Gasteiger partial charge < -0.3 is 14.6 Å². The molecule has 0 aliphatic rings. The molecule has 0 spiro atoms. The number of ether oxygens (including phenoxy) is 2. The summed E-state index contributed by atoms with van der Waals surface area (Å²) in [5.41, 5.74) is -0.452. The molecule has 0 saturated carbocycles. The number of hydrogen-bond acceptors (Lipinski definition) is 3. The van der Waals surface area contributed by atoms with Crippen LogP contribution in [0.4, 0.5) is 13.2 Å². The summed E-state index contributed by atoms with van der Waals surface area (Å²) >= 11 is 0. The number of alkyl halides is 3. The van der Waals surface area contributed by atoms with Crippen LogP contribution in [-0.4, -0.2) is 17.4 Å². The van der Waals surface area contributed by atoms with Gasteiger partial charge in [0.15, 0.2) is 0 Å². The molecule has 17 heavy (non-hydrogen) atoms. The lowest BCUT2D eigenvalue weighted by molar-refractivity contribution is -0.274. The van der Waals surface area contributed by atoms with Crippen molar-refractivity contribution in [3.63, 3.8) is 0 Å². The molecule has 0 aliphatic carbocycles. The largest absolute Gasteiger partial charge is 0.573 e. The SMILES string of the molecule is C=COc1ccc(OC(F)(F)F)cc1C(=O)O. The molecule has 0 bridgehead atoms. The van der Waals surface area contributed by atoms with E-state index in [1.807, 2.05) is 0 Å². The highest BCUT2D eigenvalue weighted by Crippen LogP contribution is 2.28. The zero-order chi connectivity index (χ0) is 13.1. The normalized spacial score (nSPS) is 10.8. The Bertz CT molecular complexity index is 440. The van der Waals surface area contributed by atoms with Crippen molar-refractivity contribution in [1.82, 2.24) is 0 Å². The van der Waals surface area contributed by atoms with Gasteiger partial charge in [-0.3, -0.25) is 0 Å². The number of benzene rings is 1. The van der Waals surface area contributed by atoms with Gasteiger partial charge in [-0.1, -0.05) is 6.58 Å². The van der Waals surface area contributed by atoms with E-state index in [9.17, 15) is 18.0 Å². The maximum absolute atomic E-state index is 11.9. The fourth-order valence-electron chi connectivity index (χ4n) is 1.07. The third-order valence-corrected chi connectivity index (χ3v) is 1.63. The highest BCUT2D eigenvalue weighted by atomic mass is 19.4. The maximum atomic E-state index is 11.9. The number of halogens is 3. The first-order chi connectivity index (χ1) is 7.83. The monoisotopic (exact) mass is 248 g/mol. The van der Waals surface area contributed by atoms with E-state index in [1.165, 1.54) is 0 Å². The molecule has 1 rings (SSSR count). The standard InChI is InChI=1S/C10H7F3O4/c1-2-16-8-4-3-6(17-10(11,12)13)5-7(8)9(14)15/h2-5H,1H2,(H,14,15). The summed E-state index contributed by atoms with van der Waals surface area (Å²) in [5, 5.41) is 8.76. The van der Waals surface area contributed by atoms with Crippen molar-refractivity contribution in [2.75, 3.05) is 0 Å². The van der Waals surface area contributed by atoms with Crippen LogP contribution in [0.5, 0.6) is 11.5 Å². The maximum Gasteiger partial charge on any atom is 0.573 e. The molecule has 0 fully saturated rings. The molecule has 4 nitrogen and oxygen atoms in total. The molecule has 0 unspecified atom stereocenters. The zero-order valence-electron chi connectivity index (χ0n) is 8.32. The quantitative estimate of drug-likeness (QED) is 0.832. The van der Waals surface area contributed by atoms with E-state index in [0.717, 1.165) is 18.4 Å². The molecule has 1 N–H and O–H groups in total. The van der Waals surface area contributed by atoms with Crippen LogP contribution in [0.3, 0.4) is 0 Å². The van der Waals surface area contributed by atoms with Gasteiger partial charge in [-0.2, -0.15) is 0 Å². The average Bonchev–Trinajstić information content (AvgIpc) is 2.18. The second-order valence-corrected chi connectivity index (χ2v) is 2.80. The van der Waals surface area contributed by atoms with Crippen LogP contribution in [0, 0.1) is 0 Å². The van der Waals surface area contributed by atoms with Gasteiger partial charge in [-0.05, 0) is 18.2 Å². The van der Waals surface area contributed by atoms with Gasteiger partial charge in [-0.15, -0.1) is 13.2 Å². The molecule has 0 amide bonds. The first-order valence-corrected chi connectivity index (χ1v) is 4.24. The summed E-state index contributed by atoms with van der Waals surface area (Å²) in [7, 11) is 0. The number of aromatic carboxylic acids is 1. The lowest BCUT2D eigenvalue weighted by Gasteiger charge is -2.11. The van der Waals surface area contributed by atoms with E-state index in [2.05, 4.69) is 11.3 Å². The molecule has 92 valence electrons. The molecule has 0 atom stereocenters. The topological polar surface area (TPSA) is 55.8 Å². The smallest absolute Gasteiger partial charge is 0.478 e. The number of hydrogen-bond donors (Lipinski definition) is 1. The van der Waals surface area contributed by atoms with Gasteiger partial charge in [0.05, 0.1) is 6.26 Å². The van der Waals surface area contributed by atoms with Crippen molar-refractivity contribution in [1.29, 1.82) is 0 Å². The van der Waals surface area contributed by atoms with Gasteiger partial charge in [-0.25, -0.2) is 4.79 Å². The lowest BCUT2D eigenvalue weighted by Crippen LogP contribution is -2.17. The Morgan fingerprint density at radius 1 is 1.41 bits per heavy atom. The van der Waals surface area contributed by atoms with Crippen LogP contribution in [0.15, 0.2) is 31.0 Å². The van der Waals surface area contributed by atoms with Gasteiger partial charge in [0.2, 0.25) is 0 Å². The Balaban J connectivity index is 3.09. The number of carboxylic acid groups (broad SMARTS) is 1. The van der Waals surface area contributed by atoms with E-state index >= 15 is 0 Å². The minimum atomic E-state index is -4.88. The number of carboxylic acids is 1. The minimum absolute atomic E-state index is 0.123. The van der Waals surface area contributed by atoms with E-state index < -0.39 is 23.6 Å². The molecule has 0 radical (unpaired) electrons. The van der Waals surface area contributed by atoms with Crippen LogP contribution >= 0.6 is 0 Å². The molecule has 7 heteroatoms. The summed E-state index contributed by atoms with van der Waals surface area (Å²) in [6, 6.07) is 2.71. The summed E-state index contributed by atoms with van der Waals surface area (Å²) in [6.45, 7) is 3.21. The first kappa shape index (κ1) is 12.9. The second-order valence-electron chi connectivity index (χ2n) is 2.80. The molecule has 1 aromatic rings. The fraction of sp³-hybridized carbons (Fsp3) is 0.100. The fourth-order valence-corrected chi connectivity index (χ4v) is 1.07. The van der Waals surface area contributed by atoms with Gasteiger partial charge in [0, 0.05) is 0 Å². The minimum Gasteiger partial charge on any atom is -0.478 e. The first-order valence-electron chi connectivity index (χ1n) is 4.24. The Labute approximate surface area is 93.9 Å². The summed E-state index contributed by atoms with van der Waals surface area (Å²) in [4.78, 5) is 10.8. The van der Waals surface area contributed by atoms with Crippen molar-refractivity contribution in [3.8, 4) is 11.5 Å². The van der Waals surface area contributed by atoms with Crippen LogP contribution in [0.25, 0.3) is 0 Å². The second kappa shape index (κ2) is 4.77. The van der Waals surface area contributed by atoms with Gasteiger partial charge >= 0.3 is 12.3 Å².